The molecule has 1 saturated heterocycles. The summed E-state index contributed by atoms with van der Waals surface area (Å²) in [5.74, 6) is 1.35. The Morgan fingerprint density at radius 3 is 2.79 bits per heavy atom. The number of rotatable bonds is 4. The van der Waals surface area contributed by atoms with Gasteiger partial charge in [0, 0.05) is 20.2 Å². The normalized spacial score (nSPS) is 23.7. The summed E-state index contributed by atoms with van der Waals surface area (Å²) < 4.78 is 33.8. The van der Waals surface area contributed by atoms with Crippen molar-refractivity contribution in [1.29, 1.82) is 0 Å². The second-order valence-electron chi connectivity index (χ2n) is 4.72. The van der Waals surface area contributed by atoms with E-state index in [1.54, 1.807) is 13.2 Å². The fraction of sp³-hybridized carbons (Fsp3) is 0.615. The van der Waals surface area contributed by atoms with Crippen LogP contribution in [0.5, 0.6) is 5.75 Å². The van der Waals surface area contributed by atoms with E-state index < -0.39 is 6.61 Å². The Hall–Kier alpha value is -1.43. The van der Waals surface area contributed by atoms with Gasteiger partial charge in [-0.05, 0) is 24.5 Å². The number of piperidine rings is 1. The summed E-state index contributed by atoms with van der Waals surface area (Å²) in [6, 6.07) is 3.20. The van der Waals surface area contributed by atoms with Gasteiger partial charge in [-0.15, -0.1) is 0 Å². The molecule has 0 bridgehead atoms. The standard InChI is InChI=1S/C13H18F2N2O2/c1-9-5-6-17(8-11(9)18-2)12-4-3-10(7-16-12)19-13(14)15/h3-4,7,9,11,13H,5-6,8H2,1-2H3. The molecule has 1 fully saturated rings. The predicted octanol–water partition coefficient (Wildman–Crippen LogP) is 2.54. The van der Waals surface area contributed by atoms with Crippen LogP contribution >= 0.6 is 0 Å². The van der Waals surface area contributed by atoms with E-state index in [1.165, 1.54) is 12.3 Å². The third-order valence-electron chi connectivity index (χ3n) is 3.46. The van der Waals surface area contributed by atoms with Gasteiger partial charge in [-0.1, -0.05) is 6.92 Å². The molecule has 0 N–H and O–H groups in total. The molecule has 0 spiro atoms. The zero-order valence-corrected chi connectivity index (χ0v) is 11.1. The van der Waals surface area contributed by atoms with Crippen molar-refractivity contribution < 1.29 is 18.3 Å². The lowest BCUT2D eigenvalue weighted by molar-refractivity contribution is -0.0500. The first-order valence-electron chi connectivity index (χ1n) is 6.28. The van der Waals surface area contributed by atoms with Crippen LogP contribution in [0.1, 0.15) is 13.3 Å². The lowest BCUT2D eigenvalue weighted by Crippen LogP contribution is -2.44. The van der Waals surface area contributed by atoms with Crippen LogP contribution in [0.15, 0.2) is 18.3 Å². The van der Waals surface area contributed by atoms with E-state index in [4.69, 9.17) is 4.74 Å². The van der Waals surface area contributed by atoms with Gasteiger partial charge in [-0.2, -0.15) is 8.78 Å². The monoisotopic (exact) mass is 272 g/mol. The number of ether oxygens (including phenoxy) is 2. The van der Waals surface area contributed by atoms with Crippen molar-refractivity contribution in [2.45, 2.75) is 26.1 Å². The summed E-state index contributed by atoms with van der Waals surface area (Å²) in [5.41, 5.74) is 0. The van der Waals surface area contributed by atoms with E-state index in [2.05, 4.69) is 21.5 Å². The molecule has 0 aromatic carbocycles. The minimum Gasteiger partial charge on any atom is -0.433 e. The molecule has 0 aliphatic carbocycles. The van der Waals surface area contributed by atoms with Crippen molar-refractivity contribution in [3.8, 4) is 5.75 Å². The van der Waals surface area contributed by atoms with Crippen LogP contribution in [-0.4, -0.2) is 37.9 Å². The minimum atomic E-state index is -2.82. The maximum absolute atomic E-state index is 12.0. The highest BCUT2D eigenvalue weighted by Crippen LogP contribution is 2.24. The Bertz CT molecular complexity index is 400. The highest BCUT2D eigenvalue weighted by atomic mass is 19.3. The predicted molar refractivity (Wildman–Crippen MR) is 67.7 cm³/mol. The highest BCUT2D eigenvalue weighted by Gasteiger charge is 2.26. The van der Waals surface area contributed by atoms with Crippen LogP contribution in [-0.2, 0) is 4.74 Å². The van der Waals surface area contributed by atoms with Crippen LogP contribution in [0, 0.1) is 5.92 Å². The first kappa shape index (κ1) is 14.0. The second kappa shape index (κ2) is 6.14. The summed E-state index contributed by atoms with van der Waals surface area (Å²) in [7, 11) is 1.71. The van der Waals surface area contributed by atoms with Crippen LogP contribution in [0.2, 0.25) is 0 Å². The second-order valence-corrected chi connectivity index (χ2v) is 4.72. The van der Waals surface area contributed by atoms with Gasteiger partial charge in [0.25, 0.3) is 0 Å². The Kier molecular flexibility index (Phi) is 4.52. The van der Waals surface area contributed by atoms with Gasteiger partial charge in [0.05, 0.1) is 12.3 Å². The largest absolute Gasteiger partial charge is 0.433 e. The smallest absolute Gasteiger partial charge is 0.387 e. The molecule has 1 aromatic heterocycles. The molecule has 0 amide bonds. The number of methoxy groups -OCH3 is 1. The lowest BCUT2D eigenvalue weighted by atomic mass is 9.96. The maximum atomic E-state index is 12.0. The molecule has 4 nitrogen and oxygen atoms in total. The average Bonchev–Trinajstić information content (AvgIpc) is 2.40. The van der Waals surface area contributed by atoms with Crippen molar-refractivity contribution in [2.75, 3.05) is 25.1 Å². The number of hydrogen-bond acceptors (Lipinski definition) is 4. The number of hydrogen-bond donors (Lipinski definition) is 0. The number of pyridine rings is 1. The molecule has 1 aromatic rings. The van der Waals surface area contributed by atoms with Gasteiger partial charge < -0.3 is 14.4 Å². The molecule has 19 heavy (non-hydrogen) atoms. The molecule has 0 radical (unpaired) electrons. The summed E-state index contributed by atoms with van der Waals surface area (Å²) in [6.07, 6.45) is 2.52. The van der Waals surface area contributed by atoms with Gasteiger partial charge in [0.1, 0.15) is 11.6 Å². The summed E-state index contributed by atoms with van der Waals surface area (Å²) in [5, 5.41) is 0. The molecular formula is C13H18F2N2O2. The van der Waals surface area contributed by atoms with Crippen molar-refractivity contribution in [3.63, 3.8) is 0 Å². The van der Waals surface area contributed by atoms with Crippen molar-refractivity contribution >= 4 is 5.82 Å². The van der Waals surface area contributed by atoms with Crippen LogP contribution in [0.3, 0.4) is 0 Å². The third kappa shape index (κ3) is 3.53. The molecule has 1 aliphatic rings. The number of anilines is 1. The van der Waals surface area contributed by atoms with Gasteiger partial charge in [-0.3, -0.25) is 0 Å². The SMILES string of the molecule is COC1CN(c2ccc(OC(F)F)cn2)CCC1C. The van der Waals surface area contributed by atoms with Gasteiger partial charge >= 0.3 is 6.61 Å². The number of halogens is 2. The number of aromatic nitrogens is 1. The molecular weight excluding hydrogens is 254 g/mol. The van der Waals surface area contributed by atoms with Crippen LogP contribution < -0.4 is 9.64 Å². The quantitative estimate of drug-likeness (QED) is 0.843. The minimum absolute atomic E-state index is 0.0763. The lowest BCUT2D eigenvalue weighted by Gasteiger charge is -2.36. The van der Waals surface area contributed by atoms with Crippen molar-refractivity contribution in [1.82, 2.24) is 4.98 Å². The first-order chi connectivity index (χ1) is 9.10. The van der Waals surface area contributed by atoms with Crippen LogP contribution in [0.25, 0.3) is 0 Å². The van der Waals surface area contributed by atoms with Crippen molar-refractivity contribution in [2.24, 2.45) is 5.92 Å². The summed E-state index contributed by atoms with van der Waals surface area (Å²) in [4.78, 5) is 6.26. The Morgan fingerprint density at radius 2 is 2.21 bits per heavy atom. The van der Waals surface area contributed by atoms with Gasteiger partial charge in [0.2, 0.25) is 0 Å². The molecule has 1 aliphatic heterocycles. The topological polar surface area (TPSA) is 34.6 Å². The fourth-order valence-electron chi connectivity index (χ4n) is 2.28. The molecule has 6 heteroatoms. The molecule has 2 atom stereocenters. The Morgan fingerprint density at radius 1 is 1.42 bits per heavy atom. The summed E-state index contributed by atoms with van der Waals surface area (Å²) >= 11 is 0. The number of alkyl halides is 2. The first-order valence-corrected chi connectivity index (χ1v) is 6.28. The number of nitrogens with zero attached hydrogens (tertiary/aromatic N) is 2. The molecule has 106 valence electrons. The average molecular weight is 272 g/mol. The van der Waals surface area contributed by atoms with Gasteiger partial charge in [-0.25, -0.2) is 4.98 Å². The highest BCUT2D eigenvalue weighted by molar-refractivity contribution is 5.41. The van der Waals surface area contributed by atoms with Gasteiger partial charge in [0.15, 0.2) is 0 Å². The Labute approximate surface area is 111 Å². The zero-order chi connectivity index (χ0) is 13.8. The Balaban J connectivity index is 2.02. The summed E-state index contributed by atoms with van der Waals surface area (Å²) in [6.45, 7) is 1.00. The van der Waals surface area contributed by atoms with Crippen LogP contribution in [0.4, 0.5) is 14.6 Å². The third-order valence-corrected chi connectivity index (χ3v) is 3.46. The van der Waals surface area contributed by atoms with E-state index in [0.717, 1.165) is 25.3 Å². The molecule has 2 rings (SSSR count). The van der Waals surface area contributed by atoms with E-state index in [1.807, 2.05) is 0 Å². The molecule has 2 heterocycles. The van der Waals surface area contributed by atoms with Crippen molar-refractivity contribution in [3.05, 3.63) is 18.3 Å². The van der Waals surface area contributed by atoms with E-state index >= 15 is 0 Å². The fourth-order valence-corrected chi connectivity index (χ4v) is 2.28. The van der Waals surface area contributed by atoms with E-state index in [-0.39, 0.29) is 11.9 Å². The molecule has 2 unspecified atom stereocenters. The van der Waals surface area contributed by atoms with E-state index in [0.29, 0.717) is 5.92 Å². The maximum Gasteiger partial charge on any atom is 0.387 e. The zero-order valence-electron chi connectivity index (χ0n) is 11.1. The molecule has 0 saturated carbocycles. The van der Waals surface area contributed by atoms with E-state index in [9.17, 15) is 8.78 Å².